The third-order valence-electron chi connectivity index (χ3n) is 2.54. The van der Waals surface area contributed by atoms with E-state index in [9.17, 15) is 4.79 Å². The highest BCUT2D eigenvalue weighted by atomic mass is 16.3. The van der Waals surface area contributed by atoms with E-state index in [4.69, 9.17) is 10.2 Å². The average molecular weight is 261 g/mol. The second kappa shape index (κ2) is 12.8. The van der Waals surface area contributed by atoms with Gasteiger partial charge in [0.05, 0.1) is 13.2 Å². The Hall–Kier alpha value is -0.690. The number of nitrogens with one attached hydrogen (secondary N) is 2. The maximum Gasteiger partial charge on any atom is 0.221 e. The first-order valence-corrected chi connectivity index (χ1v) is 6.66. The van der Waals surface area contributed by atoms with Crippen molar-refractivity contribution in [1.29, 1.82) is 0 Å². The van der Waals surface area contributed by atoms with Crippen LogP contribution in [0.2, 0.25) is 0 Å². The van der Waals surface area contributed by atoms with E-state index in [1.54, 1.807) is 0 Å². The summed E-state index contributed by atoms with van der Waals surface area (Å²) in [6, 6.07) is 0. The molecule has 0 spiro atoms. The molecule has 0 aliphatic heterocycles. The van der Waals surface area contributed by atoms with E-state index < -0.39 is 0 Å². The predicted molar refractivity (Wildman–Crippen MR) is 71.4 cm³/mol. The number of aliphatic hydroxyl groups excluding tert-OH is 2. The SMILES string of the molecule is CCCNC(=O)CCNCCN(CCO)CCO. The lowest BCUT2D eigenvalue weighted by Crippen LogP contribution is -2.37. The van der Waals surface area contributed by atoms with E-state index in [1.165, 1.54) is 0 Å². The van der Waals surface area contributed by atoms with Crippen molar-refractivity contribution in [3.05, 3.63) is 0 Å². The maximum absolute atomic E-state index is 11.3. The summed E-state index contributed by atoms with van der Waals surface area (Å²) in [7, 11) is 0. The highest BCUT2D eigenvalue weighted by molar-refractivity contribution is 5.75. The molecule has 1 amide bonds. The number of aliphatic hydroxyl groups is 2. The van der Waals surface area contributed by atoms with Gasteiger partial charge in [0.25, 0.3) is 0 Å². The molecule has 0 heterocycles. The van der Waals surface area contributed by atoms with E-state index in [0.29, 0.717) is 26.1 Å². The molecule has 0 atom stereocenters. The molecule has 6 heteroatoms. The summed E-state index contributed by atoms with van der Waals surface area (Å²) in [4.78, 5) is 13.3. The van der Waals surface area contributed by atoms with Crippen LogP contribution in [0, 0.1) is 0 Å². The highest BCUT2D eigenvalue weighted by Crippen LogP contribution is 1.86. The van der Waals surface area contributed by atoms with Gasteiger partial charge in [0.2, 0.25) is 5.91 Å². The predicted octanol–water partition coefficient (Wildman–Crippen LogP) is -1.22. The van der Waals surface area contributed by atoms with Gasteiger partial charge in [-0.3, -0.25) is 9.69 Å². The number of amides is 1. The Morgan fingerprint density at radius 2 is 1.72 bits per heavy atom. The Morgan fingerprint density at radius 3 is 2.28 bits per heavy atom. The maximum atomic E-state index is 11.3. The molecule has 6 nitrogen and oxygen atoms in total. The van der Waals surface area contributed by atoms with Crippen molar-refractivity contribution < 1.29 is 15.0 Å². The van der Waals surface area contributed by atoms with Crippen molar-refractivity contribution in [2.45, 2.75) is 19.8 Å². The Kier molecular flexibility index (Phi) is 12.3. The largest absolute Gasteiger partial charge is 0.395 e. The summed E-state index contributed by atoms with van der Waals surface area (Å²) in [5, 5.41) is 23.6. The smallest absolute Gasteiger partial charge is 0.221 e. The van der Waals surface area contributed by atoms with Crippen LogP contribution >= 0.6 is 0 Å². The molecule has 0 radical (unpaired) electrons. The molecule has 0 fully saturated rings. The van der Waals surface area contributed by atoms with E-state index in [-0.39, 0.29) is 19.1 Å². The zero-order chi connectivity index (χ0) is 13.6. The highest BCUT2D eigenvalue weighted by Gasteiger charge is 2.03. The molecule has 0 saturated carbocycles. The topological polar surface area (TPSA) is 84.8 Å². The summed E-state index contributed by atoms with van der Waals surface area (Å²) < 4.78 is 0. The van der Waals surface area contributed by atoms with Gasteiger partial charge >= 0.3 is 0 Å². The molecular formula is C12H27N3O3. The number of carbonyl (C=O) groups is 1. The fourth-order valence-electron chi connectivity index (χ4n) is 1.54. The van der Waals surface area contributed by atoms with Crippen LogP contribution in [-0.2, 0) is 4.79 Å². The van der Waals surface area contributed by atoms with Gasteiger partial charge in [0.15, 0.2) is 0 Å². The number of hydrogen-bond acceptors (Lipinski definition) is 5. The molecule has 0 unspecified atom stereocenters. The molecule has 0 rings (SSSR count). The van der Waals surface area contributed by atoms with Gasteiger partial charge in [-0.1, -0.05) is 6.92 Å². The van der Waals surface area contributed by atoms with Gasteiger partial charge in [0.1, 0.15) is 0 Å². The molecule has 0 aliphatic carbocycles. The van der Waals surface area contributed by atoms with Crippen LogP contribution in [-0.4, -0.2) is 73.5 Å². The third-order valence-corrected chi connectivity index (χ3v) is 2.54. The molecule has 0 aliphatic rings. The molecule has 4 N–H and O–H groups in total. The zero-order valence-corrected chi connectivity index (χ0v) is 11.3. The van der Waals surface area contributed by atoms with Crippen LogP contribution < -0.4 is 10.6 Å². The fourth-order valence-corrected chi connectivity index (χ4v) is 1.54. The van der Waals surface area contributed by atoms with E-state index in [2.05, 4.69) is 10.6 Å². The Morgan fingerprint density at radius 1 is 1.06 bits per heavy atom. The second-order valence-corrected chi connectivity index (χ2v) is 4.14. The minimum Gasteiger partial charge on any atom is -0.395 e. The Bertz CT molecular complexity index is 197. The van der Waals surface area contributed by atoms with Crippen molar-refractivity contribution in [2.24, 2.45) is 0 Å². The van der Waals surface area contributed by atoms with E-state index >= 15 is 0 Å². The van der Waals surface area contributed by atoms with Gasteiger partial charge in [0, 0.05) is 45.7 Å². The van der Waals surface area contributed by atoms with Crippen molar-refractivity contribution in [3.8, 4) is 0 Å². The van der Waals surface area contributed by atoms with Crippen molar-refractivity contribution >= 4 is 5.91 Å². The second-order valence-electron chi connectivity index (χ2n) is 4.14. The number of carbonyl (C=O) groups excluding carboxylic acids is 1. The zero-order valence-electron chi connectivity index (χ0n) is 11.3. The van der Waals surface area contributed by atoms with Crippen molar-refractivity contribution in [1.82, 2.24) is 15.5 Å². The van der Waals surface area contributed by atoms with E-state index in [1.807, 2.05) is 11.8 Å². The summed E-state index contributed by atoms with van der Waals surface area (Å²) in [6.07, 6.45) is 1.44. The van der Waals surface area contributed by atoms with Crippen molar-refractivity contribution in [2.75, 3.05) is 52.5 Å². The van der Waals surface area contributed by atoms with Crippen LogP contribution in [0.3, 0.4) is 0 Å². The lowest BCUT2D eigenvalue weighted by atomic mass is 10.3. The first kappa shape index (κ1) is 17.3. The molecular weight excluding hydrogens is 234 g/mol. The summed E-state index contributed by atoms with van der Waals surface area (Å²) in [5.74, 6) is 0.0759. The van der Waals surface area contributed by atoms with Gasteiger partial charge in [-0.2, -0.15) is 0 Å². The minimum absolute atomic E-state index is 0.0759. The summed E-state index contributed by atoms with van der Waals surface area (Å²) in [6.45, 7) is 6.26. The number of rotatable bonds is 12. The number of hydrogen-bond donors (Lipinski definition) is 4. The minimum atomic E-state index is 0.0759. The molecule has 0 aromatic heterocycles. The van der Waals surface area contributed by atoms with E-state index in [0.717, 1.165) is 26.1 Å². The Labute approximate surface area is 109 Å². The van der Waals surface area contributed by atoms with Crippen LogP contribution in [0.5, 0.6) is 0 Å². The standard InChI is InChI=1S/C12H27N3O3/c1-2-4-14-12(18)3-5-13-6-7-15(8-10-16)9-11-17/h13,16-17H,2-11H2,1H3,(H,14,18). The van der Waals surface area contributed by atoms with Gasteiger partial charge in [-0.15, -0.1) is 0 Å². The summed E-state index contributed by atoms with van der Waals surface area (Å²) in [5.41, 5.74) is 0. The third kappa shape index (κ3) is 10.5. The van der Waals surface area contributed by atoms with Gasteiger partial charge in [-0.25, -0.2) is 0 Å². The van der Waals surface area contributed by atoms with Crippen LogP contribution in [0.25, 0.3) is 0 Å². The molecule has 18 heavy (non-hydrogen) atoms. The van der Waals surface area contributed by atoms with Crippen LogP contribution in [0.15, 0.2) is 0 Å². The quantitative estimate of drug-likeness (QED) is 0.331. The van der Waals surface area contributed by atoms with Gasteiger partial charge in [-0.05, 0) is 6.42 Å². The molecule has 108 valence electrons. The molecule has 0 aromatic rings. The summed E-state index contributed by atoms with van der Waals surface area (Å²) >= 11 is 0. The average Bonchev–Trinajstić information content (AvgIpc) is 2.36. The van der Waals surface area contributed by atoms with Crippen molar-refractivity contribution in [3.63, 3.8) is 0 Å². The normalized spacial score (nSPS) is 10.9. The molecule has 0 aromatic carbocycles. The van der Waals surface area contributed by atoms with Crippen LogP contribution in [0.1, 0.15) is 19.8 Å². The lowest BCUT2D eigenvalue weighted by molar-refractivity contribution is -0.120. The molecule has 0 saturated heterocycles. The first-order chi connectivity index (χ1) is 8.74. The van der Waals surface area contributed by atoms with Crippen LogP contribution in [0.4, 0.5) is 0 Å². The molecule has 0 bridgehead atoms. The lowest BCUT2D eigenvalue weighted by Gasteiger charge is -2.20. The van der Waals surface area contributed by atoms with Gasteiger partial charge < -0.3 is 20.8 Å². The first-order valence-electron chi connectivity index (χ1n) is 6.66. The Balaban J connectivity index is 3.44. The monoisotopic (exact) mass is 261 g/mol. The fraction of sp³-hybridized carbons (Fsp3) is 0.917. The number of nitrogens with zero attached hydrogens (tertiary/aromatic N) is 1.